The van der Waals surface area contributed by atoms with Crippen molar-refractivity contribution >= 4 is 29.1 Å². The lowest BCUT2D eigenvalue weighted by Gasteiger charge is -2.47. The van der Waals surface area contributed by atoms with Gasteiger partial charge in [0, 0.05) is 38.8 Å². The highest BCUT2D eigenvalue weighted by Crippen LogP contribution is 2.29. The Hall–Kier alpha value is -2.42. The number of hydrogen-bond acceptors (Lipinski definition) is 7. The minimum atomic E-state index is -0.382. The van der Waals surface area contributed by atoms with Crippen molar-refractivity contribution in [2.45, 2.75) is 64.5 Å². The molecular weight excluding hydrogens is 486 g/mol. The lowest BCUT2D eigenvalue weighted by atomic mass is 9.98. The van der Waals surface area contributed by atoms with Crippen LogP contribution >= 0.6 is 11.6 Å². The maximum absolute atomic E-state index is 12.0. The molecule has 3 heterocycles. The second kappa shape index (κ2) is 12.9. The van der Waals surface area contributed by atoms with E-state index in [0.29, 0.717) is 17.9 Å². The number of nitrogen functional groups attached to an aromatic ring is 1. The summed E-state index contributed by atoms with van der Waals surface area (Å²) in [7, 11) is 1.54. The van der Waals surface area contributed by atoms with Crippen LogP contribution in [0.25, 0.3) is 0 Å². The summed E-state index contributed by atoms with van der Waals surface area (Å²) in [6, 6.07) is 10.0. The molecule has 202 valence electrons. The van der Waals surface area contributed by atoms with Crippen LogP contribution in [0, 0.1) is 6.92 Å². The van der Waals surface area contributed by atoms with Gasteiger partial charge in [-0.15, -0.1) is 0 Å². The molecule has 2 aliphatic rings. The number of unbranched alkanes of at least 4 members (excludes halogenated alkanes) is 1. The number of anilines is 2. The van der Waals surface area contributed by atoms with E-state index >= 15 is 0 Å². The minimum absolute atomic E-state index is 0.0730. The molecule has 0 spiro atoms. The molecule has 0 bridgehead atoms. The Balaban J connectivity index is 1.25. The summed E-state index contributed by atoms with van der Waals surface area (Å²) in [5, 5.41) is 2.76. The third-order valence-electron chi connectivity index (χ3n) is 7.94. The summed E-state index contributed by atoms with van der Waals surface area (Å²) in [5.41, 5.74) is 8.90. The van der Waals surface area contributed by atoms with Gasteiger partial charge in [0.2, 0.25) is 0 Å². The number of piperazine rings is 1. The van der Waals surface area contributed by atoms with E-state index in [4.69, 9.17) is 17.3 Å². The Morgan fingerprint density at radius 1 is 1.11 bits per heavy atom. The van der Waals surface area contributed by atoms with E-state index in [1.165, 1.54) is 69.9 Å². The summed E-state index contributed by atoms with van der Waals surface area (Å²) in [6.45, 7) is 10.6. The highest BCUT2D eigenvalue weighted by molar-refractivity contribution is 6.32. The van der Waals surface area contributed by atoms with Crippen molar-refractivity contribution in [2.75, 3.05) is 56.9 Å². The van der Waals surface area contributed by atoms with Gasteiger partial charge in [-0.05, 0) is 70.6 Å². The summed E-state index contributed by atoms with van der Waals surface area (Å²) in [5.74, 6) is 0.304. The largest absolute Gasteiger partial charge is 0.382 e. The summed E-state index contributed by atoms with van der Waals surface area (Å²) in [4.78, 5) is 28.2. The number of aromatic nitrogens is 2. The van der Waals surface area contributed by atoms with Gasteiger partial charge in [-0.25, -0.2) is 9.97 Å². The molecule has 1 aromatic carbocycles. The number of hydrogen-bond donors (Lipinski definition) is 2. The fraction of sp³-hybridized carbons (Fsp3) is 0.607. The van der Waals surface area contributed by atoms with Gasteiger partial charge < -0.3 is 20.9 Å². The molecule has 8 nitrogen and oxygen atoms in total. The van der Waals surface area contributed by atoms with Crippen LogP contribution < -0.4 is 16.0 Å². The van der Waals surface area contributed by atoms with E-state index in [1.54, 1.807) is 0 Å². The number of amides is 1. The number of aryl methyl sites for hydroxylation is 2. The molecule has 4 rings (SSSR count). The topological polar surface area (TPSA) is 90.6 Å². The third kappa shape index (κ3) is 6.92. The van der Waals surface area contributed by atoms with E-state index in [1.807, 2.05) is 0 Å². The van der Waals surface area contributed by atoms with Crippen molar-refractivity contribution in [1.29, 1.82) is 0 Å². The first-order chi connectivity index (χ1) is 17.9. The smallest absolute Gasteiger partial charge is 0.273 e. The van der Waals surface area contributed by atoms with Crippen molar-refractivity contribution in [1.82, 2.24) is 25.1 Å². The maximum Gasteiger partial charge on any atom is 0.273 e. The number of likely N-dealkylation sites (tertiary alicyclic amines) is 1. The molecule has 0 saturated carbocycles. The second-order valence-corrected chi connectivity index (χ2v) is 10.8. The number of halogens is 1. The van der Waals surface area contributed by atoms with Crippen molar-refractivity contribution in [2.24, 2.45) is 0 Å². The second-order valence-electron chi connectivity index (χ2n) is 10.4. The number of nitrogens with two attached hydrogens (primary N) is 1. The zero-order chi connectivity index (χ0) is 26.4. The molecule has 2 aliphatic heterocycles. The number of carbonyl (C=O) groups is 1. The van der Waals surface area contributed by atoms with E-state index in [-0.39, 0.29) is 22.6 Å². The Bertz CT molecular complexity index is 1040. The molecule has 37 heavy (non-hydrogen) atoms. The van der Waals surface area contributed by atoms with Gasteiger partial charge in [-0.3, -0.25) is 9.69 Å². The molecule has 1 amide bonds. The quantitative estimate of drug-likeness (QED) is 0.480. The fourth-order valence-corrected chi connectivity index (χ4v) is 5.95. The van der Waals surface area contributed by atoms with E-state index in [0.717, 1.165) is 26.1 Å². The van der Waals surface area contributed by atoms with Crippen LogP contribution in [0.1, 0.15) is 60.6 Å². The first kappa shape index (κ1) is 27.6. The van der Waals surface area contributed by atoms with Crippen LogP contribution in [0.5, 0.6) is 0 Å². The number of rotatable bonds is 9. The SMILES string of the molecule is CC[C@H]1CN(c2nc(N)c(C(=O)NC)nc2Cl)CCN1C1CCN(CCCCc2ccc(C)cc2)CC1. The van der Waals surface area contributed by atoms with Crippen molar-refractivity contribution in [3.05, 3.63) is 46.2 Å². The molecule has 2 saturated heterocycles. The number of benzene rings is 1. The van der Waals surface area contributed by atoms with Crippen LogP contribution in [-0.2, 0) is 6.42 Å². The van der Waals surface area contributed by atoms with E-state index < -0.39 is 0 Å². The van der Waals surface area contributed by atoms with Crippen LogP contribution in [0.4, 0.5) is 11.6 Å². The van der Waals surface area contributed by atoms with Gasteiger partial charge in [-0.2, -0.15) is 0 Å². The normalized spacial score (nSPS) is 19.8. The van der Waals surface area contributed by atoms with Crippen molar-refractivity contribution < 1.29 is 4.79 Å². The summed E-state index contributed by atoms with van der Waals surface area (Å²) < 4.78 is 0. The van der Waals surface area contributed by atoms with Gasteiger partial charge in [0.1, 0.15) is 0 Å². The van der Waals surface area contributed by atoms with Gasteiger partial charge in [0.25, 0.3) is 5.91 Å². The van der Waals surface area contributed by atoms with Gasteiger partial charge in [0.15, 0.2) is 22.5 Å². The highest BCUT2D eigenvalue weighted by Gasteiger charge is 2.34. The van der Waals surface area contributed by atoms with Crippen molar-refractivity contribution in [3.63, 3.8) is 0 Å². The maximum atomic E-state index is 12.0. The molecular formula is C28H42ClN7O. The molecule has 1 atom stereocenters. The molecule has 2 fully saturated rings. The first-order valence-electron chi connectivity index (χ1n) is 13.7. The molecule has 3 N–H and O–H groups in total. The fourth-order valence-electron chi connectivity index (χ4n) is 5.71. The number of nitrogens with one attached hydrogen (secondary N) is 1. The molecule has 9 heteroatoms. The van der Waals surface area contributed by atoms with Crippen LogP contribution in [0.15, 0.2) is 24.3 Å². The zero-order valence-electron chi connectivity index (χ0n) is 22.5. The van der Waals surface area contributed by atoms with Crippen LogP contribution in [-0.4, -0.2) is 84.1 Å². The standard InChI is InChI=1S/C28H42ClN7O/c1-4-22-19-35(27-25(29)32-24(26(30)33-27)28(37)31-3)17-18-36(22)23-12-15-34(16-13-23)14-6-5-7-21-10-8-20(2)9-11-21/h8-11,22-23H,4-7,12-19H2,1-3H3,(H2,30,33)(H,31,37)/t22-/m0/s1. The average Bonchev–Trinajstić information content (AvgIpc) is 2.92. The Labute approximate surface area is 226 Å². The summed E-state index contributed by atoms with van der Waals surface area (Å²) in [6.07, 6.45) is 7.20. The predicted octanol–water partition coefficient (Wildman–Crippen LogP) is 3.77. The lowest BCUT2D eigenvalue weighted by Crippen LogP contribution is -2.58. The Morgan fingerprint density at radius 2 is 1.84 bits per heavy atom. The van der Waals surface area contributed by atoms with Crippen LogP contribution in [0.2, 0.25) is 5.15 Å². The third-order valence-corrected chi connectivity index (χ3v) is 8.19. The molecule has 0 aliphatic carbocycles. The summed E-state index contributed by atoms with van der Waals surface area (Å²) >= 11 is 6.45. The van der Waals surface area contributed by atoms with Gasteiger partial charge in [-0.1, -0.05) is 48.4 Å². The first-order valence-corrected chi connectivity index (χ1v) is 14.1. The number of nitrogens with zero attached hydrogens (tertiary/aromatic N) is 5. The number of piperidine rings is 1. The Kier molecular flexibility index (Phi) is 9.62. The molecule has 1 aromatic heterocycles. The average molecular weight is 528 g/mol. The Morgan fingerprint density at radius 3 is 2.51 bits per heavy atom. The van der Waals surface area contributed by atoms with Gasteiger partial charge in [0.05, 0.1) is 0 Å². The van der Waals surface area contributed by atoms with Crippen LogP contribution in [0.3, 0.4) is 0 Å². The molecule has 2 aromatic rings. The number of carbonyl (C=O) groups excluding carboxylic acids is 1. The molecule has 0 unspecified atom stereocenters. The molecule has 0 radical (unpaired) electrons. The van der Waals surface area contributed by atoms with Crippen molar-refractivity contribution in [3.8, 4) is 0 Å². The highest BCUT2D eigenvalue weighted by atomic mass is 35.5. The predicted molar refractivity (Wildman–Crippen MR) is 151 cm³/mol. The van der Waals surface area contributed by atoms with Gasteiger partial charge >= 0.3 is 0 Å². The minimum Gasteiger partial charge on any atom is -0.382 e. The zero-order valence-corrected chi connectivity index (χ0v) is 23.3. The van der Waals surface area contributed by atoms with E-state index in [2.05, 4.69) is 68.1 Å². The lowest BCUT2D eigenvalue weighted by molar-refractivity contribution is 0.0627. The monoisotopic (exact) mass is 527 g/mol. The van der Waals surface area contributed by atoms with E-state index in [9.17, 15) is 4.79 Å².